The Morgan fingerprint density at radius 2 is 2.04 bits per heavy atom. The molecule has 7 heteroatoms. The molecular formula is C17H20ClN5O. The molecule has 1 aromatic carbocycles. The number of benzene rings is 1. The molecule has 2 aromatic rings. The molecule has 1 aliphatic heterocycles. The first-order chi connectivity index (χ1) is 11.6. The number of rotatable bonds is 4. The molecule has 0 spiro atoms. The Hall–Kier alpha value is -2.18. The highest BCUT2D eigenvalue weighted by molar-refractivity contribution is 6.31. The molecule has 1 aromatic heterocycles. The molecule has 1 saturated heterocycles. The van der Waals surface area contributed by atoms with Crippen molar-refractivity contribution in [3.63, 3.8) is 0 Å². The topological polar surface area (TPSA) is 61.4 Å². The van der Waals surface area contributed by atoms with Gasteiger partial charge in [-0.25, -0.2) is 4.98 Å². The van der Waals surface area contributed by atoms with Crippen LogP contribution in [0.25, 0.3) is 0 Å². The van der Waals surface area contributed by atoms with E-state index in [4.69, 9.17) is 11.6 Å². The SMILES string of the molecule is Cc1ccc(Cl)cc1NC(=O)CN1CCN(c2cnccn2)CC1. The lowest BCUT2D eigenvalue weighted by molar-refractivity contribution is -0.117. The van der Waals surface area contributed by atoms with Gasteiger partial charge in [0.25, 0.3) is 0 Å². The minimum absolute atomic E-state index is 0.0201. The Morgan fingerprint density at radius 1 is 1.25 bits per heavy atom. The summed E-state index contributed by atoms with van der Waals surface area (Å²) in [4.78, 5) is 25.0. The average Bonchev–Trinajstić information content (AvgIpc) is 2.59. The highest BCUT2D eigenvalue weighted by Crippen LogP contribution is 2.20. The van der Waals surface area contributed by atoms with E-state index in [9.17, 15) is 4.79 Å². The van der Waals surface area contributed by atoms with Crippen molar-refractivity contribution in [2.75, 3.05) is 42.9 Å². The molecule has 1 aliphatic rings. The molecule has 3 rings (SSSR count). The monoisotopic (exact) mass is 345 g/mol. The molecule has 0 saturated carbocycles. The van der Waals surface area contributed by atoms with Crippen LogP contribution in [0.15, 0.2) is 36.8 Å². The second kappa shape index (κ2) is 7.59. The van der Waals surface area contributed by atoms with E-state index in [1.165, 1.54) is 0 Å². The van der Waals surface area contributed by atoms with Crippen molar-refractivity contribution in [2.45, 2.75) is 6.92 Å². The number of amides is 1. The van der Waals surface area contributed by atoms with E-state index in [0.29, 0.717) is 11.6 Å². The number of nitrogens with one attached hydrogen (secondary N) is 1. The molecule has 6 nitrogen and oxygen atoms in total. The number of carbonyl (C=O) groups is 1. The van der Waals surface area contributed by atoms with Crippen LogP contribution in [0.3, 0.4) is 0 Å². The number of piperazine rings is 1. The average molecular weight is 346 g/mol. The Morgan fingerprint density at radius 3 is 2.75 bits per heavy atom. The number of anilines is 2. The van der Waals surface area contributed by atoms with Gasteiger partial charge in [-0.05, 0) is 24.6 Å². The first kappa shape index (κ1) is 16.7. The maximum Gasteiger partial charge on any atom is 0.238 e. The smallest absolute Gasteiger partial charge is 0.238 e. The van der Waals surface area contributed by atoms with E-state index in [-0.39, 0.29) is 5.91 Å². The summed E-state index contributed by atoms with van der Waals surface area (Å²) in [7, 11) is 0. The number of nitrogens with zero attached hydrogens (tertiary/aromatic N) is 4. The van der Waals surface area contributed by atoms with Crippen LogP contribution in [-0.4, -0.2) is 53.5 Å². The van der Waals surface area contributed by atoms with Gasteiger partial charge < -0.3 is 10.2 Å². The van der Waals surface area contributed by atoms with Gasteiger partial charge in [-0.3, -0.25) is 14.7 Å². The van der Waals surface area contributed by atoms with Gasteiger partial charge in [0.1, 0.15) is 5.82 Å². The zero-order valence-corrected chi connectivity index (χ0v) is 14.3. The third-order valence-electron chi connectivity index (χ3n) is 4.09. The van der Waals surface area contributed by atoms with E-state index in [2.05, 4.69) is 25.1 Å². The second-order valence-corrected chi connectivity index (χ2v) is 6.27. The molecule has 126 valence electrons. The number of hydrogen-bond donors (Lipinski definition) is 1. The van der Waals surface area contributed by atoms with Crippen molar-refractivity contribution in [2.24, 2.45) is 0 Å². The Bertz CT molecular complexity index is 701. The Kier molecular flexibility index (Phi) is 5.27. The fourth-order valence-electron chi connectivity index (χ4n) is 2.71. The first-order valence-corrected chi connectivity index (χ1v) is 8.29. The molecule has 0 atom stereocenters. The highest BCUT2D eigenvalue weighted by atomic mass is 35.5. The summed E-state index contributed by atoms with van der Waals surface area (Å²) in [5, 5.41) is 3.56. The third-order valence-corrected chi connectivity index (χ3v) is 4.32. The number of halogens is 1. The van der Waals surface area contributed by atoms with Crippen molar-refractivity contribution in [1.29, 1.82) is 0 Å². The van der Waals surface area contributed by atoms with Crippen LogP contribution < -0.4 is 10.2 Å². The summed E-state index contributed by atoms with van der Waals surface area (Å²) < 4.78 is 0. The van der Waals surface area contributed by atoms with E-state index < -0.39 is 0 Å². The number of carbonyl (C=O) groups excluding carboxylic acids is 1. The summed E-state index contributed by atoms with van der Waals surface area (Å²) in [6, 6.07) is 5.50. The maximum atomic E-state index is 12.3. The molecule has 1 amide bonds. The van der Waals surface area contributed by atoms with Crippen molar-refractivity contribution in [3.8, 4) is 0 Å². The van der Waals surface area contributed by atoms with Crippen molar-refractivity contribution < 1.29 is 4.79 Å². The zero-order chi connectivity index (χ0) is 16.9. The quantitative estimate of drug-likeness (QED) is 0.920. The molecule has 24 heavy (non-hydrogen) atoms. The normalized spacial score (nSPS) is 15.3. The van der Waals surface area contributed by atoms with Crippen molar-refractivity contribution in [1.82, 2.24) is 14.9 Å². The van der Waals surface area contributed by atoms with E-state index >= 15 is 0 Å². The van der Waals surface area contributed by atoms with Gasteiger partial charge in [-0.15, -0.1) is 0 Å². The fraction of sp³-hybridized carbons (Fsp3) is 0.353. The van der Waals surface area contributed by atoms with Gasteiger partial charge in [-0.2, -0.15) is 0 Å². The largest absolute Gasteiger partial charge is 0.353 e. The zero-order valence-electron chi connectivity index (χ0n) is 13.6. The minimum atomic E-state index is -0.0201. The summed E-state index contributed by atoms with van der Waals surface area (Å²) in [6.45, 7) is 5.63. The predicted molar refractivity (Wildman–Crippen MR) is 95.5 cm³/mol. The summed E-state index contributed by atoms with van der Waals surface area (Å²) in [5.74, 6) is 0.865. The van der Waals surface area contributed by atoms with Gasteiger partial charge in [0.2, 0.25) is 5.91 Å². The van der Waals surface area contributed by atoms with Crippen LogP contribution in [0.2, 0.25) is 5.02 Å². The maximum absolute atomic E-state index is 12.3. The number of aromatic nitrogens is 2. The molecule has 1 fully saturated rings. The van der Waals surface area contributed by atoms with Gasteiger partial charge in [0.05, 0.1) is 12.7 Å². The van der Waals surface area contributed by atoms with Crippen LogP contribution in [0.1, 0.15) is 5.56 Å². The van der Waals surface area contributed by atoms with E-state index in [0.717, 1.165) is 43.2 Å². The summed E-state index contributed by atoms with van der Waals surface area (Å²) in [5.41, 5.74) is 1.77. The van der Waals surface area contributed by atoms with Crippen molar-refractivity contribution >= 4 is 29.0 Å². The minimum Gasteiger partial charge on any atom is -0.353 e. The molecule has 0 bridgehead atoms. The van der Waals surface area contributed by atoms with Gasteiger partial charge >= 0.3 is 0 Å². The molecule has 0 aliphatic carbocycles. The molecular weight excluding hydrogens is 326 g/mol. The van der Waals surface area contributed by atoms with Crippen LogP contribution in [0.4, 0.5) is 11.5 Å². The van der Waals surface area contributed by atoms with Crippen LogP contribution in [0, 0.1) is 6.92 Å². The lowest BCUT2D eigenvalue weighted by atomic mass is 10.2. The van der Waals surface area contributed by atoms with Gasteiger partial charge in [0.15, 0.2) is 0 Å². The van der Waals surface area contributed by atoms with Crippen LogP contribution in [-0.2, 0) is 4.79 Å². The van der Waals surface area contributed by atoms with Gasteiger partial charge in [-0.1, -0.05) is 17.7 Å². The molecule has 2 heterocycles. The Balaban J connectivity index is 1.51. The Labute approximate surface area is 146 Å². The molecule has 0 radical (unpaired) electrons. The summed E-state index contributed by atoms with van der Waals surface area (Å²) in [6.07, 6.45) is 5.13. The lowest BCUT2D eigenvalue weighted by Gasteiger charge is -2.34. The predicted octanol–water partition coefficient (Wildman–Crippen LogP) is 2.20. The standard InChI is InChI=1S/C17H20ClN5O/c1-13-2-3-14(18)10-15(13)21-17(24)12-22-6-8-23(9-7-22)16-11-19-4-5-20-16/h2-5,10-11H,6-9,12H2,1H3,(H,21,24). The number of hydrogen-bond acceptors (Lipinski definition) is 5. The van der Waals surface area contributed by atoms with Crippen molar-refractivity contribution in [3.05, 3.63) is 47.4 Å². The van der Waals surface area contributed by atoms with Crippen LogP contribution >= 0.6 is 11.6 Å². The lowest BCUT2D eigenvalue weighted by Crippen LogP contribution is -2.49. The van der Waals surface area contributed by atoms with E-state index in [1.807, 2.05) is 19.1 Å². The second-order valence-electron chi connectivity index (χ2n) is 5.83. The highest BCUT2D eigenvalue weighted by Gasteiger charge is 2.20. The number of aryl methyl sites for hydroxylation is 1. The molecule has 1 N–H and O–H groups in total. The van der Waals surface area contributed by atoms with Crippen LogP contribution in [0.5, 0.6) is 0 Å². The molecule has 0 unspecified atom stereocenters. The fourth-order valence-corrected chi connectivity index (χ4v) is 2.88. The van der Waals surface area contributed by atoms with Gasteiger partial charge in [0, 0.05) is 49.3 Å². The first-order valence-electron chi connectivity index (χ1n) is 7.91. The third kappa shape index (κ3) is 4.21. The summed E-state index contributed by atoms with van der Waals surface area (Å²) >= 11 is 5.99. The van der Waals surface area contributed by atoms with E-state index in [1.54, 1.807) is 24.7 Å².